The maximum atomic E-state index is 12.7. The molecule has 0 fully saturated rings. The van der Waals surface area contributed by atoms with Gasteiger partial charge in [-0.2, -0.15) is 16.8 Å². The molecule has 268 valence electrons. The number of carboxylic acid groups (broad SMARTS) is 1. The number of carbonyl (C=O) groups is 2. The fourth-order valence-electron chi connectivity index (χ4n) is 6.95. The van der Waals surface area contributed by atoms with Gasteiger partial charge in [0.1, 0.15) is 30.1 Å². The van der Waals surface area contributed by atoms with Crippen molar-refractivity contribution >= 4 is 54.6 Å². The minimum atomic E-state index is -4.49. The molecule has 0 unspecified atom stereocenters. The first kappa shape index (κ1) is 36.0. The summed E-state index contributed by atoms with van der Waals surface area (Å²) in [5.74, 6) is -3.16. The number of aromatic carboxylic acids is 1. The summed E-state index contributed by atoms with van der Waals surface area (Å²) in [5, 5.41) is 13.5. The molecule has 13 nitrogen and oxygen atoms in total. The number of carboxylic acids is 1. The van der Waals surface area contributed by atoms with Gasteiger partial charge in [-0.1, -0.05) is 12.1 Å². The summed E-state index contributed by atoms with van der Waals surface area (Å²) in [6.07, 6.45) is 3.44. The highest BCUT2D eigenvalue weighted by Crippen LogP contribution is 2.46. The van der Waals surface area contributed by atoms with Crippen LogP contribution in [0, 0.1) is 0 Å². The standard InChI is InChI=1S/C36H36N2O11S2/c1-35(2)15-20(17-50(42,43)44)23-11-26-30(13-28(23)37(35)5)49-31-14-29-24(21(18-51(45,46)47)16-36(3,4)38(29)6)12-27(31)32(26)25-10-19(34(41)48-7)8-9-22(25)33(39)40/h8-16H,17-18H2,1-7H3,(H2-,39,40,42,43,44,45,46,47). The fraction of sp³-hybridized carbons (Fsp3) is 0.306. The van der Waals surface area contributed by atoms with Gasteiger partial charge in [0, 0.05) is 60.1 Å². The molecule has 0 saturated carbocycles. The van der Waals surface area contributed by atoms with Crippen molar-refractivity contribution in [3.8, 4) is 11.5 Å². The van der Waals surface area contributed by atoms with E-state index in [2.05, 4.69) is 0 Å². The number of esters is 1. The number of rotatable bonds is 7. The number of carbonyl (C=O) groups excluding carboxylic acids is 2. The van der Waals surface area contributed by atoms with E-state index in [1.807, 2.05) is 51.3 Å². The lowest BCUT2D eigenvalue weighted by Crippen LogP contribution is -2.47. The third-order valence-electron chi connectivity index (χ3n) is 9.76. The van der Waals surface area contributed by atoms with Crippen molar-refractivity contribution in [2.45, 2.75) is 38.8 Å². The van der Waals surface area contributed by atoms with Crippen LogP contribution in [-0.2, 0) is 25.0 Å². The largest absolute Gasteiger partial charge is 0.545 e. The van der Waals surface area contributed by atoms with Crippen molar-refractivity contribution in [1.82, 2.24) is 4.58 Å². The number of hydrogen-bond donors (Lipinski definition) is 2. The lowest BCUT2D eigenvalue weighted by Gasteiger charge is -2.41. The van der Waals surface area contributed by atoms with Crippen LogP contribution < -0.4 is 29.9 Å². The maximum absolute atomic E-state index is 12.7. The maximum Gasteiger partial charge on any atom is 0.337 e. The first-order valence-electron chi connectivity index (χ1n) is 15.7. The number of fused-ring (bicyclic) bond motifs is 4. The van der Waals surface area contributed by atoms with Crippen LogP contribution in [0.4, 0.5) is 5.69 Å². The van der Waals surface area contributed by atoms with Gasteiger partial charge < -0.3 is 24.3 Å². The monoisotopic (exact) mass is 736 g/mol. The molecule has 0 amide bonds. The number of ether oxygens (including phenoxy) is 2. The van der Waals surface area contributed by atoms with Gasteiger partial charge in [-0.25, -0.2) is 9.37 Å². The van der Waals surface area contributed by atoms with Crippen molar-refractivity contribution in [2.24, 2.45) is 0 Å². The molecule has 6 rings (SSSR count). The van der Waals surface area contributed by atoms with Crippen LogP contribution in [0.15, 0.2) is 54.6 Å². The Morgan fingerprint density at radius 2 is 1.49 bits per heavy atom. The van der Waals surface area contributed by atoms with E-state index in [0.717, 1.165) is 0 Å². The van der Waals surface area contributed by atoms with E-state index in [0.29, 0.717) is 44.1 Å². The second-order valence-corrected chi connectivity index (χ2v) is 16.9. The van der Waals surface area contributed by atoms with E-state index >= 15 is 0 Å². The number of anilines is 1. The van der Waals surface area contributed by atoms with Gasteiger partial charge in [-0.3, -0.25) is 9.11 Å². The highest BCUT2D eigenvalue weighted by atomic mass is 32.2. The molecule has 3 aromatic rings. The Hall–Kier alpha value is -4.83. The summed E-state index contributed by atoms with van der Waals surface area (Å²) >= 11 is 0. The average molecular weight is 737 g/mol. The SMILES string of the molecule is COC(=O)c1ccc(C(=O)[O-])c(C2=c3cc4c(cc3Oc3cc5c(cc32)C(CS(=O)(=O)O)=CC(C)(C)N5C)=[N+](C)C(C)(C)C=C4CS(=O)(=O)O)c1. The van der Waals surface area contributed by atoms with Crippen LogP contribution in [0.2, 0.25) is 0 Å². The lowest BCUT2D eigenvalue weighted by atomic mass is 9.83. The number of benzene rings is 3. The number of likely N-dealkylation sites (N-methyl/N-ethyl adjacent to an activating group) is 2. The van der Waals surface area contributed by atoms with Crippen molar-refractivity contribution < 1.29 is 50.1 Å². The van der Waals surface area contributed by atoms with E-state index in [1.54, 1.807) is 36.4 Å². The molecule has 3 heterocycles. The molecule has 3 aliphatic rings. The second-order valence-electron chi connectivity index (χ2n) is 14.0. The van der Waals surface area contributed by atoms with Gasteiger partial charge in [-0.05, 0) is 60.9 Å². The second kappa shape index (κ2) is 11.9. The molecule has 0 aromatic heterocycles. The smallest absolute Gasteiger partial charge is 0.337 e. The molecule has 0 aliphatic carbocycles. The highest BCUT2D eigenvalue weighted by Gasteiger charge is 2.37. The molecule has 0 radical (unpaired) electrons. The van der Waals surface area contributed by atoms with Crippen LogP contribution in [0.25, 0.3) is 16.7 Å². The van der Waals surface area contributed by atoms with E-state index in [-0.39, 0.29) is 33.8 Å². The molecule has 2 N–H and O–H groups in total. The molecule has 3 aliphatic heterocycles. The van der Waals surface area contributed by atoms with Crippen molar-refractivity contribution in [2.75, 3.05) is 37.6 Å². The summed E-state index contributed by atoms with van der Waals surface area (Å²) in [5.41, 5.74) is 0.943. The molecular weight excluding hydrogens is 701 g/mol. The topological polar surface area (TPSA) is 191 Å². The van der Waals surface area contributed by atoms with E-state index < -0.39 is 54.8 Å². The Bertz CT molecular complexity index is 2510. The third-order valence-corrected chi connectivity index (χ3v) is 11.1. The quantitative estimate of drug-likeness (QED) is 0.159. The molecule has 0 spiro atoms. The van der Waals surface area contributed by atoms with Gasteiger partial charge in [-0.15, -0.1) is 0 Å². The summed E-state index contributed by atoms with van der Waals surface area (Å²) < 4.78 is 82.1. The predicted molar refractivity (Wildman–Crippen MR) is 188 cm³/mol. The Labute approximate surface area is 294 Å². The highest BCUT2D eigenvalue weighted by molar-refractivity contribution is 7.86. The van der Waals surface area contributed by atoms with Crippen molar-refractivity contribution in [1.29, 1.82) is 0 Å². The van der Waals surface area contributed by atoms with Crippen LogP contribution in [0.1, 0.15) is 70.7 Å². The Kier molecular flexibility index (Phi) is 8.37. The number of methoxy groups -OCH3 is 1. The lowest BCUT2D eigenvalue weighted by molar-refractivity contribution is -0.255. The van der Waals surface area contributed by atoms with E-state index in [4.69, 9.17) is 9.47 Å². The summed E-state index contributed by atoms with van der Waals surface area (Å²) in [4.78, 5) is 27.3. The normalized spacial score (nSPS) is 17.2. The Morgan fingerprint density at radius 1 is 0.863 bits per heavy atom. The molecular formula is C36H36N2O11S2. The van der Waals surface area contributed by atoms with E-state index in [9.17, 15) is 40.6 Å². The minimum Gasteiger partial charge on any atom is -0.545 e. The molecule has 15 heteroatoms. The molecule has 51 heavy (non-hydrogen) atoms. The number of hydrogen-bond acceptors (Lipinski definition) is 10. The first-order chi connectivity index (χ1) is 23.5. The van der Waals surface area contributed by atoms with Crippen molar-refractivity contribution in [3.05, 3.63) is 98.6 Å². The van der Waals surface area contributed by atoms with Gasteiger partial charge in [0.15, 0.2) is 5.54 Å². The zero-order valence-electron chi connectivity index (χ0n) is 28.9. The van der Waals surface area contributed by atoms with Crippen molar-refractivity contribution in [3.63, 3.8) is 0 Å². The first-order valence-corrected chi connectivity index (χ1v) is 18.9. The summed E-state index contributed by atoms with van der Waals surface area (Å²) in [7, 11) is -4.17. The van der Waals surface area contributed by atoms with Gasteiger partial charge in [0.05, 0.1) is 35.8 Å². The average Bonchev–Trinajstić information content (AvgIpc) is 3.01. The number of nitrogens with zero attached hydrogens (tertiary/aromatic N) is 2. The molecule has 0 bridgehead atoms. The zero-order chi connectivity index (χ0) is 37.6. The van der Waals surface area contributed by atoms with Gasteiger partial charge >= 0.3 is 5.97 Å². The molecule has 0 atom stereocenters. The third kappa shape index (κ3) is 6.46. The predicted octanol–water partition coefficient (Wildman–Crippen LogP) is 1.87. The van der Waals surface area contributed by atoms with Crippen LogP contribution in [-0.4, -0.2) is 81.7 Å². The molecule has 0 saturated heterocycles. The summed E-state index contributed by atoms with van der Waals surface area (Å²) in [6.45, 7) is 7.50. The van der Waals surface area contributed by atoms with Crippen LogP contribution in [0.5, 0.6) is 11.5 Å². The minimum absolute atomic E-state index is 0.0254. The zero-order valence-corrected chi connectivity index (χ0v) is 30.5. The summed E-state index contributed by atoms with van der Waals surface area (Å²) in [6, 6.07) is 10.5. The molecule has 3 aromatic carbocycles. The van der Waals surface area contributed by atoms with Gasteiger partial charge in [0.25, 0.3) is 20.2 Å². The fourth-order valence-corrected chi connectivity index (χ4v) is 8.21. The Morgan fingerprint density at radius 3 is 2.08 bits per heavy atom. The Balaban J connectivity index is 1.80. The van der Waals surface area contributed by atoms with Crippen LogP contribution >= 0.6 is 0 Å². The van der Waals surface area contributed by atoms with E-state index in [1.165, 1.54) is 25.3 Å². The van der Waals surface area contributed by atoms with Gasteiger partial charge in [0.2, 0.25) is 5.36 Å². The van der Waals surface area contributed by atoms with Crippen LogP contribution in [0.3, 0.4) is 0 Å².